The number of aryl methyl sites for hydroxylation is 1. The first-order chi connectivity index (χ1) is 18.0. The second-order valence-electron chi connectivity index (χ2n) is 10.1. The van der Waals surface area contributed by atoms with E-state index in [2.05, 4.69) is 39.5 Å². The zero-order valence-corrected chi connectivity index (χ0v) is 21.6. The highest BCUT2D eigenvalue weighted by molar-refractivity contribution is 5.79. The van der Waals surface area contributed by atoms with Crippen molar-refractivity contribution in [3.8, 4) is 22.5 Å². The number of carbonyl (C=O) groups excluding carboxylic acids is 1. The van der Waals surface area contributed by atoms with Gasteiger partial charge in [0.1, 0.15) is 5.78 Å². The Morgan fingerprint density at radius 3 is 2.70 bits per heavy atom. The molecule has 1 aliphatic carbocycles. The van der Waals surface area contributed by atoms with Gasteiger partial charge in [-0.15, -0.1) is 10.2 Å². The quantitative estimate of drug-likeness (QED) is 0.364. The number of nitrogens with one attached hydrogen (secondary N) is 1. The van der Waals surface area contributed by atoms with Crippen molar-refractivity contribution in [1.29, 1.82) is 0 Å². The van der Waals surface area contributed by atoms with Gasteiger partial charge in [0.15, 0.2) is 0 Å². The molecule has 5 rings (SSSR count). The van der Waals surface area contributed by atoms with Crippen LogP contribution >= 0.6 is 0 Å². The van der Waals surface area contributed by atoms with E-state index in [0.29, 0.717) is 12.4 Å². The van der Waals surface area contributed by atoms with Crippen LogP contribution in [0.4, 0.5) is 0 Å². The average Bonchev–Trinajstić information content (AvgIpc) is 3.64. The van der Waals surface area contributed by atoms with Gasteiger partial charge in [0.25, 0.3) is 0 Å². The number of aromatic nitrogens is 7. The van der Waals surface area contributed by atoms with Crippen molar-refractivity contribution in [2.75, 3.05) is 0 Å². The Labute approximate surface area is 216 Å². The lowest BCUT2D eigenvalue weighted by atomic mass is 9.95. The third-order valence-electron chi connectivity index (χ3n) is 7.58. The summed E-state index contributed by atoms with van der Waals surface area (Å²) in [6, 6.07) is 11.9. The molecular weight excluding hydrogens is 466 g/mol. The highest BCUT2D eigenvalue weighted by atomic mass is 16.2. The number of H-pyrrole nitrogens is 1. The van der Waals surface area contributed by atoms with E-state index in [1.165, 1.54) is 0 Å². The number of unbranched alkanes of at least 4 members (excludes halogenated alkanes) is 1. The minimum Gasteiger partial charge on any atom is -0.300 e. The molecule has 9 nitrogen and oxygen atoms in total. The zero-order valence-electron chi connectivity index (χ0n) is 21.6. The number of pyridine rings is 1. The van der Waals surface area contributed by atoms with Gasteiger partial charge < -0.3 is 0 Å². The van der Waals surface area contributed by atoms with Crippen molar-refractivity contribution < 1.29 is 4.79 Å². The molecule has 1 saturated carbocycles. The second kappa shape index (κ2) is 10.6. The fourth-order valence-corrected chi connectivity index (χ4v) is 5.61. The molecule has 1 aliphatic rings. The average molecular weight is 500 g/mol. The molecule has 192 valence electrons. The van der Waals surface area contributed by atoms with Crippen LogP contribution in [0.2, 0.25) is 0 Å². The first-order valence-electron chi connectivity index (χ1n) is 13.1. The number of imidazole rings is 1. The number of hydrogen-bond acceptors (Lipinski definition) is 6. The summed E-state index contributed by atoms with van der Waals surface area (Å²) in [4.78, 5) is 30.7. The van der Waals surface area contributed by atoms with Crippen LogP contribution in [0.5, 0.6) is 0 Å². The smallest absolute Gasteiger partial charge is 0.300 e. The summed E-state index contributed by atoms with van der Waals surface area (Å²) in [7, 11) is 0. The standard InChI is InChI=1S/C28H33N7O2/c1-4-5-9-24-17-35(26-18(2)10-11-25(26)19(3)36)28(37)34(24)16-23-15-21(12-13-29-23)20-7-6-8-22(14-20)27-30-32-33-31-27/h6-8,12-15,17-18,25-26H,4-5,9-11,16H2,1-3H3,(H,30,31,32,33). The van der Waals surface area contributed by atoms with Crippen molar-refractivity contribution in [2.45, 2.75) is 65.5 Å². The molecule has 1 N–H and O–H groups in total. The number of Topliss-reactive ketones (excluding diaryl/α,β-unsaturated/α-hetero) is 1. The van der Waals surface area contributed by atoms with Gasteiger partial charge in [-0.05, 0) is 73.1 Å². The first kappa shape index (κ1) is 24.8. The predicted molar refractivity (Wildman–Crippen MR) is 141 cm³/mol. The lowest BCUT2D eigenvalue weighted by molar-refractivity contribution is -0.121. The lowest BCUT2D eigenvalue weighted by Gasteiger charge is -2.21. The lowest BCUT2D eigenvalue weighted by Crippen LogP contribution is -2.33. The van der Waals surface area contributed by atoms with Gasteiger partial charge in [-0.1, -0.05) is 38.5 Å². The van der Waals surface area contributed by atoms with Crippen molar-refractivity contribution in [1.82, 2.24) is 34.7 Å². The SMILES string of the molecule is CCCCc1cn(C2C(C)CCC2C(C)=O)c(=O)n1Cc1cc(-c2cccc(-c3nn[nH]n3)c2)ccn1. The van der Waals surface area contributed by atoms with Crippen LogP contribution in [0, 0.1) is 11.8 Å². The summed E-state index contributed by atoms with van der Waals surface area (Å²) in [6.45, 7) is 6.34. The van der Waals surface area contributed by atoms with Crippen LogP contribution in [-0.4, -0.2) is 40.5 Å². The molecule has 0 radical (unpaired) electrons. The van der Waals surface area contributed by atoms with Crippen LogP contribution in [0.3, 0.4) is 0 Å². The Hall–Kier alpha value is -3.88. The van der Waals surface area contributed by atoms with Gasteiger partial charge in [0.2, 0.25) is 5.82 Å². The predicted octanol–water partition coefficient (Wildman–Crippen LogP) is 4.46. The van der Waals surface area contributed by atoms with Gasteiger partial charge in [0, 0.05) is 29.6 Å². The van der Waals surface area contributed by atoms with Crippen LogP contribution in [0.1, 0.15) is 63.9 Å². The highest BCUT2D eigenvalue weighted by Crippen LogP contribution is 2.40. The molecular formula is C28H33N7O2. The normalized spacial score (nSPS) is 19.4. The molecule has 3 heterocycles. The van der Waals surface area contributed by atoms with Crippen molar-refractivity contribution in [2.24, 2.45) is 11.8 Å². The maximum atomic E-state index is 13.8. The number of hydrogen-bond donors (Lipinski definition) is 1. The third kappa shape index (κ3) is 5.03. The van der Waals surface area contributed by atoms with E-state index in [0.717, 1.165) is 60.2 Å². The summed E-state index contributed by atoms with van der Waals surface area (Å²) >= 11 is 0. The maximum Gasteiger partial charge on any atom is 0.328 e. The van der Waals surface area contributed by atoms with E-state index in [-0.39, 0.29) is 29.4 Å². The Kier molecular flexibility index (Phi) is 7.12. The van der Waals surface area contributed by atoms with Crippen molar-refractivity contribution in [3.63, 3.8) is 0 Å². The molecule has 0 spiro atoms. The number of nitrogens with zero attached hydrogens (tertiary/aromatic N) is 6. The Balaban J connectivity index is 1.48. The molecule has 1 aromatic carbocycles. The number of ketones is 1. The Bertz CT molecular complexity index is 1440. The van der Waals surface area contributed by atoms with Gasteiger partial charge in [-0.3, -0.25) is 18.9 Å². The van der Waals surface area contributed by atoms with E-state index in [9.17, 15) is 9.59 Å². The molecule has 0 aliphatic heterocycles. The topological polar surface area (TPSA) is 111 Å². The molecule has 0 amide bonds. The minimum atomic E-state index is -0.101. The number of aromatic amines is 1. The van der Waals surface area contributed by atoms with E-state index < -0.39 is 0 Å². The zero-order chi connectivity index (χ0) is 25.9. The molecule has 3 aromatic heterocycles. The summed E-state index contributed by atoms with van der Waals surface area (Å²) in [5.74, 6) is 0.890. The highest BCUT2D eigenvalue weighted by Gasteiger charge is 2.38. The minimum absolute atomic E-state index is 0.0533. The monoisotopic (exact) mass is 499 g/mol. The molecule has 1 fully saturated rings. The summed E-state index contributed by atoms with van der Waals surface area (Å²) < 4.78 is 3.69. The van der Waals surface area contributed by atoms with Crippen LogP contribution < -0.4 is 5.69 Å². The summed E-state index contributed by atoms with van der Waals surface area (Å²) in [5, 5.41) is 14.3. The number of rotatable bonds is 9. The van der Waals surface area contributed by atoms with Gasteiger partial charge in [-0.2, -0.15) is 5.21 Å². The fourth-order valence-electron chi connectivity index (χ4n) is 5.61. The second-order valence-corrected chi connectivity index (χ2v) is 10.1. The van der Waals surface area contributed by atoms with Crippen LogP contribution in [-0.2, 0) is 17.8 Å². The van der Waals surface area contributed by atoms with E-state index in [4.69, 9.17) is 0 Å². The fraction of sp³-hybridized carbons (Fsp3) is 0.429. The molecule has 3 unspecified atom stereocenters. The van der Waals surface area contributed by atoms with Crippen LogP contribution in [0.15, 0.2) is 53.6 Å². The first-order valence-corrected chi connectivity index (χ1v) is 13.1. The Morgan fingerprint density at radius 1 is 1.14 bits per heavy atom. The number of carbonyl (C=O) groups is 1. The van der Waals surface area contributed by atoms with E-state index in [1.54, 1.807) is 13.1 Å². The van der Waals surface area contributed by atoms with Gasteiger partial charge in [-0.25, -0.2) is 4.79 Å². The molecule has 0 bridgehead atoms. The number of benzene rings is 1. The summed E-state index contributed by atoms with van der Waals surface area (Å²) in [5.41, 5.74) is 4.63. The third-order valence-corrected chi connectivity index (χ3v) is 7.58. The molecule has 9 heteroatoms. The van der Waals surface area contributed by atoms with Gasteiger partial charge in [0.05, 0.1) is 18.3 Å². The maximum absolute atomic E-state index is 13.8. The largest absolute Gasteiger partial charge is 0.328 e. The van der Waals surface area contributed by atoms with Crippen LogP contribution in [0.25, 0.3) is 22.5 Å². The van der Waals surface area contributed by atoms with Crippen molar-refractivity contribution in [3.05, 3.63) is 70.7 Å². The number of tetrazole rings is 1. The van der Waals surface area contributed by atoms with Gasteiger partial charge >= 0.3 is 5.69 Å². The van der Waals surface area contributed by atoms with E-state index >= 15 is 0 Å². The molecule has 0 saturated heterocycles. The molecule has 4 aromatic rings. The molecule has 37 heavy (non-hydrogen) atoms. The Morgan fingerprint density at radius 2 is 1.95 bits per heavy atom. The molecule has 3 atom stereocenters. The van der Waals surface area contributed by atoms with Crippen molar-refractivity contribution >= 4 is 5.78 Å². The van der Waals surface area contributed by atoms with E-state index in [1.807, 2.05) is 51.7 Å². The summed E-state index contributed by atoms with van der Waals surface area (Å²) in [6.07, 6.45) is 8.44.